The number of benzene rings is 1. The zero-order chi connectivity index (χ0) is 13.8. The van der Waals surface area contributed by atoms with Gasteiger partial charge in [0, 0.05) is 10.2 Å². The van der Waals surface area contributed by atoms with E-state index in [9.17, 15) is 13.5 Å². The van der Waals surface area contributed by atoms with Gasteiger partial charge >= 0.3 is 0 Å². The molecule has 0 bridgehead atoms. The van der Waals surface area contributed by atoms with Crippen LogP contribution in [-0.4, -0.2) is 25.0 Å². The van der Waals surface area contributed by atoms with Crippen molar-refractivity contribution in [3.63, 3.8) is 0 Å². The predicted molar refractivity (Wildman–Crippen MR) is 77.3 cm³/mol. The van der Waals surface area contributed by atoms with Crippen LogP contribution in [0, 0.1) is 0 Å². The van der Waals surface area contributed by atoms with Crippen LogP contribution in [0.15, 0.2) is 28.7 Å². The minimum absolute atomic E-state index is 0.135. The zero-order valence-electron chi connectivity index (χ0n) is 10.7. The quantitative estimate of drug-likeness (QED) is 0.870. The molecule has 3 nitrogen and oxygen atoms in total. The maximum atomic E-state index is 11.4. The Bertz CT molecular complexity index is 477. The van der Waals surface area contributed by atoms with E-state index in [4.69, 9.17) is 0 Å². The number of hydrogen-bond acceptors (Lipinski definition) is 3. The third-order valence-corrected chi connectivity index (χ3v) is 5.34. The van der Waals surface area contributed by atoms with Gasteiger partial charge in [0.1, 0.15) is 9.84 Å². The van der Waals surface area contributed by atoms with Crippen LogP contribution in [0.5, 0.6) is 0 Å². The average molecular weight is 335 g/mol. The molecule has 0 aliphatic carbocycles. The molecular formula is C13H19BrO3S. The molecule has 1 rings (SSSR count). The molecule has 1 N–H and O–H groups in total. The molecule has 5 heteroatoms. The van der Waals surface area contributed by atoms with E-state index in [0.717, 1.165) is 10.0 Å². The summed E-state index contributed by atoms with van der Waals surface area (Å²) in [5, 5.41) is 10.3. The number of halogens is 1. The lowest BCUT2D eigenvalue weighted by Gasteiger charge is -2.23. The number of sulfone groups is 1. The molecule has 1 unspecified atom stereocenters. The van der Waals surface area contributed by atoms with Crippen molar-refractivity contribution in [1.82, 2.24) is 0 Å². The highest BCUT2D eigenvalue weighted by atomic mass is 79.9. The molecule has 0 saturated carbocycles. The normalized spacial score (nSPS) is 15.3. The van der Waals surface area contributed by atoms with E-state index in [1.54, 1.807) is 13.8 Å². The number of rotatable bonds is 6. The van der Waals surface area contributed by atoms with Crippen LogP contribution in [0.4, 0.5) is 0 Å². The van der Waals surface area contributed by atoms with Crippen LogP contribution in [0.1, 0.15) is 32.3 Å². The van der Waals surface area contributed by atoms with E-state index < -0.39 is 15.4 Å². The van der Waals surface area contributed by atoms with Crippen molar-refractivity contribution in [3.8, 4) is 0 Å². The molecular weight excluding hydrogens is 316 g/mol. The lowest BCUT2D eigenvalue weighted by atomic mass is 9.91. The predicted octanol–water partition coefficient (Wildman–Crippen LogP) is 2.87. The fraction of sp³-hybridized carbons (Fsp3) is 0.538. The lowest BCUT2D eigenvalue weighted by molar-refractivity contribution is 0.0472. The van der Waals surface area contributed by atoms with Gasteiger partial charge < -0.3 is 5.11 Å². The summed E-state index contributed by atoms with van der Waals surface area (Å²) in [5.41, 5.74) is -0.177. The molecule has 0 fully saturated rings. The Labute approximate surface area is 117 Å². The van der Waals surface area contributed by atoms with Gasteiger partial charge in [0.15, 0.2) is 0 Å². The van der Waals surface area contributed by atoms with Gasteiger partial charge in [-0.3, -0.25) is 0 Å². The summed E-state index contributed by atoms with van der Waals surface area (Å²) < 4.78 is 23.7. The Morgan fingerprint density at radius 3 is 2.33 bits per heavy atom. The maximum Gasteiger partial charge on any atom is 0.150 e. The van der Waals surface area contributed by atoms with Crippen LogP contribution in [-0.2, 0) is 15.4 Å². The van der Waals surface area contributed by atoms with E-state index in [1.165, 1.54) is 0 Å². The van der Waals surface area contributed by atoms with Crippen molar-refractivity contribution in [2.45, 2.75) is 32.3 Å². The third-order valence-electron chi connectivity index (χ3n) is 3.02. The van der Waals surface area contributed by atoms with E-state index in [1.807, 2.05) is 24.3 Å². The molecule has 0 amide bonds. The highest BCUT2D eigenvalue weighted by Crippen LogP contribution is 2.27. The van der Waals surface area contributed by atoms with Gasteiger partial charge in [-0.15, -0.1) is 0 Å². The van der Waals surface area contributed by atoms with E-state index in [-0.39, 0.29) is 11.5 Å². The topological polar surface area (TPSA) is 54.4 Å². The smallest absolute Gasteiger partial charge is 0.150 e. The molecule has 18 heavy (non-hydrogen) atoms. The Morgan fingerprint density at radius 1 is 1.28 bits per heavy atom. The van der Waals surface area contributed by atoms with E-state index in [2.05, 4.69) is 15.9 Å². The largest absolute Gasteiger partial charge is 0.385 e. The highest BCUT2D eigenvalue weighted by molar-refractivity contribution is 9.10. The summed E-state index contributed by atoms with van der Waals surface area (Å²) in [6.45, 7) is 3.36. The highest BCUT2D eigenvalue weighted by Gasteiger charge is 2.23. The van der Waals surface area contributed by atoms with Gasteiger partial charge in [-0.25, -0.2) is 8.42 Å². The fourth-order valence-electron chi connectivity index (χ4n) is 1.73. The standard InChI is InChI=1S/C13H19BrO3S/c1-3-18(16,17)10-4-9-13(2,15)11-5-7-12(14)8-6-11/h5-8,15H,3-4,9-10H2,1-2H3. The van der Waals surface area contributed by atoms with Gasteiger partial charge in [0.2, 0.25) is 0 Å². The van der Waals surface area contributed by atoms with Gasteiger partial charge in [-0.1, -0.05) is 35.0 Å². The summed E-state index contributed by atoms with van der Waals surface area (Å²) in [5.74, 6) is 0.295. The Balaban J connectivity index is 2.62. The first-order valence-corrected chi connectivity index (χ1v) is 8.57. The average Bonchev–Trinajstić information content (AvgIpc) is 2.29. The summed E-state index contributed by atoms with van der Waals surface area (Å²) >= 11 is 3.34. The monoisotopic (exact) mass is 334 g/mol. The minimum atomic E-state index is -2.95. The second kappa shape index (κ2) is 6.17. The number of hydrogen-bond donors (Lipinski definition) is 1. The SMILES string of the molecule is CCS(=O)(=O)CCCC(C)(O)c1ccc(Br)cc1. The van der Waals surface area contributed by atoms with Crippen LogP contribution < -0.4 is 0 Å². The molecule has 1 aromatic carbocycles. The summed E-state index contributed by atoms with van der Waals surface area (Å²) in [4.78, 5) is 0. The second-order valence-corrected chi connectivity index (χ2v) is 8.01. The van der Waals surface area contributed by atoms with Crippen LogP contribution >= 0.6 is 15.9 Å². The first kappa shape index (κ1) is 15.7. The Hall–Kier alpha value is -0.390. The van der Waals surface area contributed by atoms with Crippen molar-refractivity contribution in [1.29, 1.82) is 0 Å². The molecule has 1 atom stereocenters. The summed E-state index contributed by atoms with van der Waals surface area (Å²) in [7, 11) is -2.95. The summed E-state index contributed by atoms with van der Waals surface area (Å²) in [6.07, 6.45) is 0.910. The Kier molecular flexibility index (Phi) is 5.37. The lowest BCUT2D eigenvalue weighted by Crippen LogP contribution is -2.22. The van der Waals surface area contributed by atoms with Crippen LogP contribution in [0.3, 0.4) is 0 Å². The molecule has 1 aromatic rings. The van der Waals surface area contributed by atoms with Crippen molar-refractivity contribution < 1.29 is 13.5 Å². The third kappa shape index (κ3) is 4.71. The van der Waals surface area contributed by atoms with Gasteiger partial charge in [-0.05, 0) is 37.5 Å². The molecule has 0 spiro atoms. The first-order valence-electron chi connectivity index (χ1n) is 5.96. The van der Waals surface area contributed by atoms with E-state index in [0.29, 0.717) is 12.8 Å². The van der Waals surface area contributed by atoms with Crippen LogP contribution in [0.25, 0.3) is 0 Å². The molecule has 102 valence electrons. The molecule has 0 saturated heterocycles. The van der Waals surface area contributed by atoms with Crippen molar-refractivity contribution in [2.75, 3.05) is 11.5 Å². The van der Waals surface area contributed by atoms with Gasteiger partial charge in [-0.2, -0.15) is 0 Å². The second-order valence-electron chi connectivity index (χ2n) is 4.62. The van der Waals surface area contributed by atoms with E-state index >= 15 is 0 Å². The molecule has 0 aromatic heterocycles. The zero-order valence-corrected chi connectivity index (χ0v) is 13.1. The van der Waals surface area contributed by atoms with Crippen molar-refractivity contribution in [3.05, 3.63) is 34.3 Å². The Morgan fingerprint density at radius 2 is 1.83 bits per heavy atom. The van der Waals surface area contributed by atoms with Gasteiger partial charge in [0.05, 0.1) is 11.4 Å². The molecule has 0 heterocycles. The van der Waals surface area contributed by atoms with Crippen LogP contribution in [0.2, 0.25) is 0 Å². The molecule has 0 aliphatic heterocycles. The molecule has 0 aliphatic rings. The number of aliphatic hydroxyl groups is 1. The van der Waals surface area contributed by atoms with Crippen molar-refractivity contribution >= 4 is 25.8 Å². The van der Waals surface area contributed by atoms with Gasteiger partial charge in [0.25, 0.3) is 0 Å². The first-order chi connectivity index (χ1) is 8.27. The minimum Gasteiger partial charge on any atom is -0.385 e. The summed E-state index contributed by atoms with van der Waals surface area (Å²) in [6, 6.07) is 7.43. The maximum absolute atomic E-state index is 11.4. The molecule has 0 radical (unpaired) electrons. The fourth-order valence-corrected chi connectivity index (χ4v) is 2.87. The van der Waals surface area contributed by atoms with Crippen molar-refractivity contribution in [2.24, 2.45) is 0 Å².